The van der Waals surface area contributed by atoms with Gasteiger partial charge in [0.1, 0.15) is 0 Å². The van der Waals surface area contributed by atoms with Crippen molar-refractivity contribution in [2.45, 2.75) is 60.8 Å². The highest BCUT2D eigenvalue weighted by atomic mass is 16.5. The molecule has 0 aliphatic rings. The summed E-state index contributed by atoms with van der Waals surface area (Å²) in [5.41, 5.74) is 0. The molecule has 0 saturated carbocycles. The topological polar surface area (TPSA) is 52.6 Å². The Labute approximate surface area is 117 Å². The summed E-state index contributed by atoms with van der Waals surface area (Å²) in [6.45, 7) is 12.8. The summed E-state index contributed by atoms with van der Waals surface area (Å²) in [7, 11) is 0. The maximum absolute atomic E-state index is 10.8. The van der Waals surface area contributed by atoms with Gasteiger partial charge in [-0.25, -0.2) is 0 Å². The molecule has 0 aliphatic carbocycles. The Bertz CT molecular complexity index is 234. The fourth-order valence-electron chi connectivity index (χ4n) is 0.969. The third-order valence-corrected chi connectivity index (χ3v) is 2.03. The monoisotopic (exact) mass is 274 g/mol. The van der Waals surface area contributed by atoms with Crippen molar-refractivity contribution in [3.63, 3.8) is 0 Å². The van der Waals surface area contributed by atoms with Gasteiger partial charge in [-0.15, -0.1) is 0 Å². The minimum atomic E-state index is -0.196. The zero-order chi connectivity index (χ0) is 15.3. The number of esters is 2. The van der Waals surface area contributed by atoms with Gasteiger partial charge in [-0.05, 0) is 24.7 Å². The van der Waals surface area contributed by atoms with Crippen LogP contribution in [0.15, 0.2) is 0 Å². The first-order chi connectivity index (χ1) is 8.79. The highest BCUT2D eigenvalue weighted by molar-refractivity contribution is 5.69. The van der Waals surface area contributed by atoms with Crippen molar-refractivity contribution in [3.05, 3.63) is 0 Å². The van der Waals surface area contributed by atoms with E-state index < -0.39 is 0 Å². The Morgan fingerprint density at radius 3 is 1.89 bits per heavy atom. The lowest BCUT2D eigenvalue weighted by atomic mass is 10.1. The van der Waals surface area contributed by atoms with Gasteiger partial charge in [0.2, 0.25) is 0 Å². The molecule has 4 nitrogen and oxygen atoms in total. The van der Waals surface area contributed by atoms with Gasteiger partial charge in [0.25, 0.3) is 0 Å². The number of hydrogen-bond acceptors (Lipinski definition) is 4. The number of ether oxygens (including phenoxy) is 2. The molecule has 0 N–H and O–H groups in total. The zero-order valence-electron chi connectivity index (χ0n) is 13.3. The normalized spacial score (nSPS) is 9.89. The van der Waals surface area contributed by atoms with Crippen molar-refractivity contribution >= 4 is 11.9 Å². The molecule has 114 valence electrons. The zero-order valence-corrected chi connectivity index (χ0v) is 13.3. The molecule has 0 rings (SSSR count). The summed E-state index contributed by atoms with van der Waals surface area (Å²) in [5.74, 6) is 0.801. The smallest absolute Gasteiger partial charge is 0.305 e. The summed E-state index contributed by atoms with van der Waals surface area (Å²) >= 11 is 0. The second-order valence-electron chi connectivity index (χ2n) is 5.35. The first kappa shape index (κ1) is 20.3. The Kier molecular flexibility index (Phi) is 14.3. The highest BCUT2D eigenvalue weighted by Gasteiger charge is 2.00. The molecule has 0 atom stereocenters. The average molecular weight is 274 g/mol. The van der Waals surface area contributed by atoms with Gasteiger partial charge < -0.3 is 9.47 Å². The van der Waals surface area contributed by atoms with Gasteiger partial charge in [0.15, 0.2) is 0 Å². The standard InChI is InChI=1S/C9H18O2.C6H12O2/c1-4-5-9(10)11-7-6-8(2)3;1-5(2)4-8-6(3)7/h8H,4-7H2,1-3H3;5H,4H2,1-3H3. The SMILES string of the molecule is CC(=O)OCC(C)C.CCCC(=O)OCCC(C)C. The molecular weight excluding hydrogens is 244 g/mol. The summed E-state index contributed by atoms with van der Waals surface area (Å²) in [4.78, 5) is 20.9. The highest BCUT2D eigenvalue weighted by Crippen LogP contribution is 2.00. The number of rotatable bonds is 7. The Morgan fingerprint density at radius 2 is 1.58 bits per heavy atom. The lowest BCUT2D eigenvalue weighted by molar-refractivity contribution is -0.144. The van der Waals surface area contributed by atoms with Gasteiger partial charge in [-0.3, -0.25) is 9.59 Å². The van der Waals surface area contributed by atoms with Crippen LogP contribution >= 0.6 is 0 Å². The predicted octanol–water partition coefficient (Wildman–Crippen LogP) is 3.58. The minimum Gasteiger partial charge on any atom is -0.466 e. The number of carbonyl (C=O) groups is 2. The van der Waals surface area contributed by atoms with Crippen molar-refractivity contribution < 1.29 is 19.1 Å². The molecule has 0 aromatic carbocycles. The van der Waals surface area contributed by atoms with E-state index in [1.807, 2.05) is 20.8 Å². The van der Waals surface area contributed by atoms with E-state index in [1.54, 1.807) is 0 Å². The van der Waals surface area contributed by atoms with Crippen LogP contribution in [0, 0.1) is 11.8 Å². The average Bonchev–Trinajstić information content (AvgIpc) is 2.27. The molecule has 0 spiro atoms. The van der Waals surface area contributed by atoms with Gasteiger partial charge in [0.05, 0.1) is 13.2 Å². The molecule has 4 heteroatoms. The van der Waals surface area contributed by atoms with Crippen molar-refractivity contribution in [1.82, 2.24) is 0 Å². The number of carbonyl (C=O) groups excluding carboxylic acids is 2. The summed E-state index contributed by atoms with van der Waals surface area (Å²) < 4.78 is 9.62. The minimum absolute atomic E-state index is 0.0619. The quantitative estimate of drug-likeness (QED) is 0.666. The van der Waals surface area contributed by atoms with E-state index in [0.29, 0.717) is 31.5 Å². The molecule has 0 heterocycles. The van der Waals surface area contributed by atoms with Gasteiger partial charge in [-0.2, -0.15) is 0 Å². The van der Waals surface area contributed by atoms with Crippen molar-refractivity contribution in [2.75, 3.05) is 13.2 Å². The molecular formula is C15H30O4. The maximum atomic E-state index is 10.8. The summed E-state index contributed by atoms with van der Waals surface area (Å²) in [6, 6.07) is 0. The first-order valence-electron chi connectivity index (χ1n) is 7.08. The number of hydrogen-bond donors (Lipinski definition) is 0. The fourth-order valence-corrected chi connectivity index (χ4v) is 0.969. The van der Waals surface area contributed by atoms with Gasteiger partial charge in [0, 0.05) is 13.3 Å². The molecule has 0 bridgehead atoms. The van der Waals surface area contributed by atoms with Crippen LogP contribution in [-0.2, 0) is 19.1 Å². The largest absolute Gasteiger partial charge is 0.466 e. The maximum Gasteiger partial charge on any atom is 0.305 e. The molecule has 0 fully saturated rings. The lowest BCUT2D eigenvalue weighted by Crippen LogP contribution is -2.06. The van der Waals surface area contributed by atoms with E-state index >= 15 is 0 Å². The van der Waals surface area contributed by atoms with E-state index in [1.165, 1.54) is 6.92 Å². The van der Waals surface area contributed by atoms with Crippen LogP contribution in [0.5, 0.6) is 0 Å². The second kappa shape index (κ2) is 13.4. The first-order valence-corrected chi connectivity index (χ1v) is 7.08. The molecule has 0 radical (unpaired) electrons. The van der Waals surface area contributed by atoms with E-state index in [2.05, 4.69) is 18.6 Å². The third-order valence-electron chi connectivity index (χ3n) is 2.03. The fraction of sp³-hybridized carbons (Fsp3) is 0.867. The molecule has 0 unspecified atom stereocenters. The Balaban J connectivity index is 0. The van der Waals surface area contributed by atoms with Crippen LogP contribution in [0.2, 0.25) is 0 Å². The molecule has 0 aromatic heterocycles. The van der Waals surface area contributed by atoms with E-state index in [0.717, 1.165) is 12.8 Å². The van der Waals surface area contributed by atoms with Gasteiger partial charge >= 0.3 is 11.9 Å². The Morgan fingerprint density at radius 1 is 1.00 bits per heavy atom. The molecule has 0 aromatic rings. The molecule has 0 saturated heterocycles. The second-order valence-corrected chi connectivity index (χ2v) is 5.35. The molecule has 0 amide bonds. The van der Waals surface area contributed by atoms with Crippen LogP contribution in [0.4, 0.5) is 0 Å². The summed E-state index contributed by atoms with van der Waals surface area (Å²) in [5, 5.41) is 0. The predicted molar refractivity (Wildman–Crippen MR) is 76.8 cm³/mol. The van der Waals surface area contributed by atoms with Crippen LogP contribution in [0.25, 0.3) is 0 Å². The molecule has 19 heavy (non-hydrogen) atoms. The van der Waals surface area contributed by atoms with Crippen molar-refractivity contribution in [2.24, 2.45) is 11.8 Å². The van der Waals surface area contributed by atoms with E-state index in [-0.39, 0.29) is 11.9 Å². The van der Waals surface area contributed by atoms with Crippen molar-refractivity contribution in [1.29, 1.82) is 0 Å². The lowest BCUT2D eigenvalue weighted by Gasteiger charge is -2.05. The van der Waals surface area contributed by atoms with Crippen LogP contribution in [-0.4, -0.2) is 25.2 Å². The summed E-state index contributed by atoms with van der Waals surface area (Å²) in [6.07, 6.45) is 2.40. The van der Waals surface area contributed by atoms with Crippen LogP contribution < -0.4 is 0 Å². The van der Waals surface area contributed by atoms with Crippen molar-refractivity contribution in [3.8, 4) is 0 Å². The van der Waals surface area contributed by atoms with Gasteiger partial charge in [-0.1, -0.05) is 34.6 Å². The van der Waals surface area contributed by atoms with E-state index in [9.17, 15) is 9.59 Å². The van der Waals surface area contributed by atoms with E-state index in [4.69, 9.17) is 4.74 Å². The van der Waals surface area contributed by atoms with Crippen LogP contribution in [0.1, 0.15) is 60.8 Å². The third kappa shape index (κ3) is 22.6. The molecule has 0 aliphatic heterocycles. The Hall–Kier alpha value is -1.06. The van der Waals surface area contributed by atoms with Crippen LogP contribution in [0.3, 0.4) is 0 Å².